The molecule has 0 atom stereocenters. The fourth-order valence-corrected chi connectivity index (χ4v) is 2.96. The van der Waals surface area contributed by atoms with E-state index in [4.69, 9.17) is 0 Å². The second-order valence-corrected chi connectivity index (χ2v) is 6.57. The molecule has 0 unspecified atom stereocenters. The monoisotopic (exact) mass is 355 g/mol. The number of hydrogen-bond acceptors (Lipinski definition) is 3. The smallest absolute Gasteiger partial charge is 0.351 e. The van der Waals surface area contributed by atoms with Gasteiger partial charge in [-0.3, -0.25) is 9.48 Å². The standard InChI is InChI=1S/C16H16F3N3OS/c17-16(18,19)14-10-13(11-3-4-11)22(21-14)8-7-20-15(23)6-5-12-2-1-9-24-12/h1-2,5-6,9-11H,3-4,7-8H2,(H,20,23). The first-order valence-corrected chi connectivity index (χ1v) is 8.46. The Kier molecular flexibility index (Phi) is 4.75. The lowest BCUT2D eigenvalue weighted by Crippen LogP contribution is -2.26. The third-order valence-corrected chi connectivity index (χ3v) is 4.50. The predicted octanol–water partition coefficient (Wildman–Crippen LogP) is 3.67. The third-order valence-electron chi connectivity index (χ3n) is 3.66. The molecule has 2 heterocycles. The minimum atomic E-state index is -4.44. The fraction of sp³-hybridized carbons (Fsp3) is 0.375. The van der Waals surface area contributed by atoms with Gasteiger partial charge in [0.05, 0.1) is 6.54 Å². The van der Waals surface area contributed by atoms with Crippen LogP contribution in [0.25, 0.3) is 6.08 Å². The Morgan fingerprint density at radius 1 is 1.46 bits per heavy atom. The first-order valence-electron chi connectivity index (χ1n) is 7.58. The number of hydrogen-bond donors (Lipinski definition) is 1. The Morgan fingerprint density at radius 3 is 2.88 bits per heavy atom. The number of nitrogens with zero attached hydrogens (tertiary/aromatic N) is 2. The second kappa shape index (κ2) is 6.80. The Bertz CT molecular complexity index is 730. The molecule has 1 amide bonds. The summed E-state index contributed by atoms with van der Waals surface area (Å²) >= 11 is 1.52. The van der Waals surface area contributed by atoms with Crippen LogP contribution < -0.4 is 5.32 Å². The van der Waals surface area contributed by atoms with Crippen LogP contribution in [0.2, 0.25) is 0 Å². The lowest BCUT2D eigenvalue weighted by molar-refractivity contribution is -0.141. The molecule has 1 fully saturated rings. The summed E-state index contributed by atoms with van der Waals surface area (Å²) in [6.07, 6.45) is 0.447. The molecule has 128 valence electrons. The SMILES string of the molecule is O=C(C=Cc1cccs1)NCCn1nc(C(F)(F)F)cc1C1CC1. The molecule has 4 nitrogen and oxygen atoms in total. The number of thiophene rings is 1. The lowest BCUT2D eigenvalue weighted by atomic mass is 10.2. The normalized spacial score (nSPS) is 15.1. The quantitative estimate of drug-likeness (QED) is 0.804. The number of nitrogens with one attached hydrogen (secondary N) is 1. The van der Waals surface area contributed by atoms with Crippen molar-refractivity contribution < 1.29 is 18.0 Å². The van der Waals surface area contributed by atoms with Crippen molar-refractivity contribution in [2.75, 3.05) is 6.54 Å². The molecule has 0 radical (unpaired) electrons. The summed E-state index contributed by atoms with van der Waals surface area (Å²) in [5, 5.41) is 8.22. The van der Waals surface area contributed by atoms with E-state index < -0.39 is 11.9 Å². The number of carbonyl (C=O) groups excluding carboxylic acids is 1. The van der Waals surface area contributed by atoms with Crippen molar-refractivity contribution >= 4 is 23.3 Å². The maximum atomic E-state index is 12.8. The topological polar surface area (TPSA) is 46.9 Å². The minimum absolute atomic E-state index is 0.156. The van der Waals surface area contributed by atoms with E-state index in [0.717, 1.165) is 23.8 Å². The Hall–Kier alpha value is -2.09. The van der Waals surface area contributed by atoms with Gasteiger partial charge in [-0.2, -0.15) is 18.3 Å². The van der Waals surface area contributed by atoms with Gasteiger partial charge in [0.15, 0.2) is 5.69 Å². The first kappa shape index (κ1) is 16.8. The molecule has 24 heavy (non-hydrogen) atoms. The molecule has 0 aromatic carbocycles. The lowest BCUT2D eigenvalue weighted by Gasteiger charge is -2.07. The molecule has 2 aromatic heterocycles. The van der Waals surface area contributed by atoms with E-state index in [9.17, 15) is 18.0 Å². The van der Waals surface area contributed by atoms with Gasteiger partial charge in [0, 0.05) is 29.1 Å². The maximum Gasteiger partial charge on any atom is 0.435 e. The molecule has 0 aliphatic heterocycles. The van der Waals surface area contributed by atoms with Gasteiger partial charge >= 0.3 is 6.18 Å². The number of rotatable bonds is 6. The number of amides is 1. The van der Waals surface area contributed by atoms with Gasteiger partial charge in [-0.15, -0.1) is 11.3 Å². The minimum Gasteiger partial charge on any atom is -0.351 e. The van der Waals surface area contributed by atoms with Crippen LogP contribution in [-0.4, -0.2) is 22.2 Å². The zero-order chi connectivity index (χ0) is 17.2. The van der Waals surface area contributed by atoms with Crippen LogP contribution in [0.1, 0.15) is 35.0 Å². The molecule has 2 aromatic rings. The molecular weight excluding hydrogens is 339 g/mol. The van der Waals surface area contributed by atoms with Crippen LogP contribution in [0, 0.1) is 0 Å². The van der Waals surface area contributed by atoms with E-state index in [1.165, 1.54) is 22.1 Å². The van der Waals surface area contributed by atoms with Crippen molar-refractivity contribution in [1.82, 2.24) is 15.1 Å². The van der Waals surface area contributed by atoms with Gasteiger partial charge in [0.25, 0.3) is 0 Å². The van der Waals surface area contributed by atoms with Gasteiger partial charge in [-0.25, -0.2) is 0 Å². The van der Waals surface area contributed by atoms with Crippen LogP contribution in [0.15, 0.2) is 29.7 Å². The molecular formula is C16H16F3N3OS. The van der Waals surface area contributed by atoms with E-state index in [1.54, 1.807) is 6.08 Å². The summed E-state index contributed by atoms with van der Waals surface area (Å²) in [6.45, 7) is 0.451. The van der Waals surface area contributed by atoms with E-state index >= 15 is 0 Å². The second-order valence-electron chi connectivity index (χ2n) is 5.59. The number of halogens is 3. The molecule has 0 bridgehead atoms. The highest BCUT2D eigenvalue weighted by Crippen LogP contribution is 2.42. The van der Waals surface area contributed by atoms with Crippen LogP contribution in [-0.2, 0) is 17.5 Å². The van der Waals surface area contributed by atoms with Gasteiger partial charge in [0.2, 0.25) is 5.91 Å². The largest absolute Gasteiger partial charge is 0.435 e. The molecule has 0 saturated heterocycles. The average molecular weight is 355 g/mol. The van der Waals surface area contributed by atoms with Crippen molar-refractivity contribution in [2.24, 2.45) is 0 Å². The molecule has 1 aliphatic rings. The number of alkyl halides is 3. The number of carbonyl (C=O) groups is 1. The summed E-state index contributed by atoms with van der Waals surface area (Å²) in [4.78, 5) is 12.7. The average Bonchev–Trinajstić information content (AvgIpc) is 3.06. The Labute approximate surface area is 141 Å². The van der Waals surface area contributed by atoms with E-state index in [2.05, 4.69) is 10.4 Å². The summed E-state index contributed by atoms with van der Waals surface area (Å²) in [6, 6.07) is 4.90. The highest BCUT2D eigenvalue weighted by molar-refractivity contribution is 7.10. The molecule has 0 spiro atoms. The van der Waals surface area contributed by atoms with Gasteiger partial charge < -0.3 is 5.32 Å². The van der Waals surface area contributed by atoms with E-state index in [1.807, 2.05) is 17.5 Å². The van der Waals surface area contributed by atoms with E-state index in [-0.39, 0.29) is 24.9 Å². The highest BCUT2D eigenvalue weighted by Gasteiger charge is 2.37. The van der Waals surface area contributed by atoms with Crippen molar-refractivity contribution in [3.63, 3.8) is 0 Å². The zero-order valence-corrected chi connectivity index (χ0v) is 13.5. The Balaban J connectivity index is 1.56. The zero-order valence-electron chi connectivity index (χ0n) is 12.7. The summed E-state index contributed by atoms with van der Waals surface area (Å²) < 4.78 is 39.8. The van der Waals surface area contributed by atoms with Crippen molar-refractivity contribution in [1.29, 1.82) is 0 Å². The summed E-state index contributed by atoms with van der Waals surface area (Å²) in [5.74, 6) is -0.123. The molecule has 1 N–H and O–H groups in total. The van der Waals surface area contributed by atoms with Gasteiger partial charge in [-0.1, -0.05) is 6.07 Å². The van der Waals surface area contributed by atoms with Gasteiger partial charge in [0.1, 0.15) is 0 Å². The summed E-state index contributed by atoms with van der Waals surface area (Å²) in [5.41, 5.74) is -0.265. The van der Waals surface area contributed by atoms with Crippen molar-refractivity contribution in [2.45, 2.75) is 31.5 Å². The Morgan fingerprint density at radius 2 is 2.25 bits per heavy atom. The first-order chi connectivity index (χ1) is 11.4. The highest BCUT2D eigenvalue weighted by atomic mass is 32.1. The summed E-state index contributed by atoms with van der Waals surface area (Å²) in [7, 11) is 0. The van der Waals surface area contributed by atoms with Crippen LogP contribution in [0.5, 0.6) is 0 Å². The fourth-order valence-electron chi connectivity index (χ4n) is 2.34. The van der Waals surface area contributed by atoms with Crippen molar-refractivity contribution in [3.05, 3.63) is 45.9 Å². The molecule has 1 saturated carbocycles. The molecule has 8 heteroatoms. The predicted molar refractivity (Wildman–Crippen MR) is 85.6 cm³/mol. The maximum absolute atomic E-state index is 12.8. The molecule has 1 aliphatic carbocycles. The van der Waals surface area contributed by atoms with E-state index in [0.29, 0.717) is 5.69 Å². The van der Waals surface area contributed by atoms with Crippen LogP contribution in [0.4, 0.5) is 13.2 Å². The third kappa shape index (κ3) is 4.25. The van der Waals surface area contributed by atoms with Crippen molar-refractivity contribution in [3.8, 4) is 0 Å². The van der Waals surface area contributed by atoms with Gasteiger partial charge in [-0.05, 0) is 36.4 Å². The molecule has 3 rings (SSSR count). The number of aromatic nitrogens is 2. The van der Waals surface area contributed by atoms with Crippen LogP contribution in [0.3, 0.4) is 0 Å². The van der Waals surface area contributed by atoms with Crippen LogP contribution >= 0.6 is 11.3 Å².